The Hall–Kier alpha value is -3.55. The van der Waals surface area contributed by atoms with Crippen LogP contribution in [0.4, 0.5) is 10.1 Å². The Bertz CT molecular complexity index is 848. The molecule has 0 aliphatic carbocycles. The molecule has 2 aromatic rings. The summed E-state index contributed by atoms with van der Waals surface area (Å²) in [7, 11) is 3.86. The lowest BCUT2D eigenvalue weighted by Crippen LogP contribution is -2.15. The van der Waals surface area contributed by atoms with E-state index in [0.29, 0.717) is 11.5 Å². The van der Waals surface area contributed by atoms with Crippen molar-refractivity contribution in [2.75, 3.05) is 26.6 Å². The highest BCUT2D eigenvalue weighted by atomic mass is 19.1. The van der Waals surface area contributed by atoms with Crippen LogP contribution in [-0.2, 0) is 19.1 Å². The number of anilines is 1. The lowest BCUT2D eigenvalue weighted by atomic mass is 10.2. The fourth-order valence-electron chi connectivity index (χ4n) is 2.02. The van der Waals surface area contributed by atoms with Crippen molar-refractivity contribution >= 4 is 17.6 Å². The predicted molar refractivity (Wildman–Crippen MR) is 95.2 cm³/mol. The van der Waals surface area contributed by atoms with Gasteiger partial charge in [-0.3, -0.25) is 0 Å². The van der Waals surface area contributed by atoms with E-state index >= 15 is 0 Å². The highest BCUT2D eigenvalue weighted by Gasteiger charge is 2.14. The summed E-state index contributed by atoms with van der Waals surface area (Å²) in [6, 6.07) is 10.6. The van der Waals surface area contributed by atoms with Crippen molar-refractivity contribution in [1.82, 2.24) is 0 Å². The number of ether oxygens (including phenoxy) is 4. The average Bonchev–Trinajstić information content (AvgIpc) is 2.69. The van der Waals surface area contributed by atoms with E-state index in [-0.39, 0.29) is 17.1 Å². The second kappa shape index (κ2) is 9.23. The van der Waals surface area contributed by atoms with Gasteiger partial charge in [0.05, 0.1) is 27.4 Å². The molecular weight excluding hydrogens is 357 g/mol. The minimum atomic E-state index is -0.806. The van der Waals surface area contributed by atoms with Gasteiger partial charge in [0.25, 0.3) is 0 Å². The van der Waals surface area contributed by atoms with Gasteiger partial charge in [-0.15, -0.1) is 0 Å². The largest absolute Gasteiger partial charge is 0.497 e. The molecule has 0 amide bonds. The molecule has 0 bridgehead atoms. The first-order chi connectivity index (χ1) is 13.0. The van der Waals surface area contributed by atoms with E-state index < -0.39 is 17.8 Å². The van der Waals surface area contributed by atoms with E-state index in [9.17, 15) is 14.0 Å². The number of esters is 2. The van der Waals surface area contributed by atoms with Gasteiger partial charge in [-0.1, -0.05) is 0 Å². The smallest absolute Gasteiger partial charge is 0.354 e. The zero-order chi connectivity index (χ0) is 19.8. The Kier molecular flexibility index (Phi) is 6.76. The lowest BCUT2D eigenvalue weighted by molar-refractivity contribution is -0.138. The van der Waals surface area contributed by atoms with Crippen molar-refractivity contribution in [2.45, 2.75) is 0 Å². The molecule has 0 spiro atoms. The van der Waals surface area contributed by atoms with Crippen LogP contribution < -0.4 is 14.8 Å². The molecular formula is C19H18FNO6. The highest BCUT2D eigenvalue weighted by Crippen LogP contribution is 2.28. The van der Waals surface area contributed by atoms with Crippen molar-refractivity contribution in [3.05, 3.63) is 60.1 Å². The third-order valence-electron chi connectivity index (χ3n) is 3.37. The summed E-state index contributed by atoms with van der Waals surface area (Å²) in [6.07, 6.45) is 0.908. The predicted octanol–water partition coefficient (Wildman–Crippen LogP) is 3.27. The maximum absolute atomic E-state index is 14.3. The molecule has 2 aromatic carbocycles. The number of halogens is 1. The lowest BCUT2D eigenvalue weighted by Gasteiger charge is -2.11. The number of hydrogen-bond acceptors (Lipinski definition) is 7. The van der Waals surface area contributed by atoms with Crippen molar-refractivity contribution < 1.29 is 32.9 Å². The van der Waals surface area contributed by atoms with E-state index in [4.69, 9.17) is 9.47 Å². The summed E-state index contributed by atoms with van der Waals surface area (Å²) >= 11 is 0. The molecule has 0 fully saturated rings. The molecule has 0 heterocycles. The molecule has 0 saturated heterocycles. The SMILES string of the molecule is COC(=O)/C=C(/Nc1ccc(Oc2ccc(OC)cc2)c(F)c1)C(=O)OC. The number of carbonyl (C=O) groups excluding carboxylic acids is 2. The molecule has 0 aliphatic rings. The fraction of sp³-hybridized carbons (Fsp3) is 0.158. The monoisotopic (exact) mass is 375 g/mol. The van der Waals surface area contributed by atoms with Crippen molar-refractivity contribution in [2.24, 2.45) is 0 Å². The number of hydrogen-bond donors (Lipinski definition) is 1. The van der Waals surface area contributed by atoms with Gasteiger partial charge in [0.1, 0.15) is 17.2 Å². The van der Waals surface area contributed by atoms with Crippen LogP contribution in [0.3, 0.4) is 0 Å². The third kappa shape index (κ3) is 5.46. The first-order valence-electron chi connectivity index (χ1n) is 7.73. The third-order valence-corrected chi connectivity index (χ3v) is 3.37. The molecule has 27 heavy (non-hydrogen) atoms. The Morgan fingerprint density at radius 3 is 2.19 bits per heavy atom. The summed E-state index contributed by atoms with van der Waals surface area (Å²) < 4.78 is 33.9. The molecule has 0 unspecified atom stereocenters. The maximum Gasteiger partial charge on any atom is 0.354 e. The molecule has 0 aliphatic heterocycles. The van der Waals surface area contributed by atoms with Crippen LogP contribution in [-0.4, -0.2) is 33.3 Å². The summed E-state index contributed by atoms with van der Waals surface area (Å²) in [5, 5.41) is 2.62. The van der Waals surface area contributed by atoms with Crippen LogP contribution in [0.5, 0.6) is 17.2 Å². The van der Waals surface area contributed by atoms with Crippen LogP contribution in [0.25, 0.3) is 0 Å². The summed E-state index contributed by atoms with van der Waals surface area (Å²) in [5.74, 6) is -1.17. The maximum atomic E-state index is 14.3. The number of carbonyl (C=O) groups is 2. The van der Waals surface area contributed by atoms with E-state index in [1.807, 2.05) is 0 Å². The van der Waals surface area contributed by atoms with Gasteiger partial charge >= 0.3 is 11.9 Å². The minimum absolute atomic E-state index is 0.0118. The molecule has 2 rings (SSSR count). The average molecular weight is 375 g/mol. The Morgan fingerprint density at radius 2 is 1.63 bits per heavy atom. The molecule has 142 valence electrons. The van der Waals surface area contributed by atoms with Crippen LogP contribution in [0.2, 0.25) is 0 Å². The van der Waals surface area contributed by atoms with Gasteiger partial charge in [-0.05, 0) is 36.4 Å². The molecule has 1 N–H and O–H groups in total. The first-order valence-corrected chi connectivity index (χ1v) is 7.73. The van der Waals surface area contributed by atoms with E-state index in [1.54, 1.807) is 31.4 Å². The fourth-order valence-corrected chi connectivity index (χ4v) is 2.02. The van der Waals surface area contributed by atoms with Gasteiger partial charge in [-0.2, -0.15) is 0 Å². The molecule has 0 atom stereocenters. The molecule has 7 nitrogen and oxygen atoms in total. The summed E-state index contributed by atoms with van der Waals surface area (Å²) in [5.41, 5.74) is 0.0164. The standard InChI is InChI=1S/C19H18FNO6/c1-24-13-5-7-14(8-6-13)27-17-9-4-12(10-15(17)20)21-16(19(23)26-3)11-18(22)25-2/h4-11,21H,1-3H3/b16-11+. The number of benzene rings is 2. The Morgan fingerprint density at radius 1 is 0.963 bits per heavy atom. The Labute approximate surface area is 155 Å². The van der Waals surface area contributed by atoms with Gasteiger partial charge < -0.3 is 24.3 Å². The molecule has 8 heteroatoms. The van der Waals surface area contributed by atoms with Crippen molar-refractivity contribution in [3.63, 3.8) is 0 Å². The van der Waals surface area contributed by atoms with Gasteiger partial charge in [0.2, 0.25) is 0 Å². The quantitative estimate of drug-likeness (QED) is 0.587. The van der Waals surface area contributed by atoms with Gasteiger partial charge in [-0.25, -0.2) is 14.0 Å². The van der Waals surface area contributed by atoms with E-state index in [1.165, 1.54) is 19.2 Å². The second-order valence-corrected chi connectivity index (χ2v) is 5.12. The normalized spacial score (nSPS) is 10.7. The zero-order valence-corrected chi connectivity index (χ0v) is 14.9. The number of rotatable bonds is 7. The number of methoxy groups -OCH3 is 3. The molecule has 0 radical (unpaired) electrons. The Balaban J connectivity index is 2.17. The molecule has 0 aromatic heterocycles. The van der Waals surface area contributed by atoms with Crippen molar-refractivity contribution in [1.29, 1.82) is 0 Å². The zero-order valence-electron chi connectivity index (χ0n) is 14.9. The topological polar surface area (TPSA) is 83.1 Å². The van der Waals surface area contributed by atoms with E-state index in [0.717, 1.165) is 19.3 Å². The van der Waals surface area contributed by atoms with Crippen LogP contribution in [0.15, 0.2) is 54.2 Å². The van der Waals surface area contributed by atoms with Crippen LogP contribution in [0.1, 0.15) is 0 Å². The minimum Gasteiger partial charge on any atom is -0.497 e. The second-order valence-electron chi connectivity index (χ2n) is 5.12. The van der Waals surface area contributed by atoms with E-state index in [2.05, 4.69) is 14.8 Å². The summed E-state index contributed by atoms with van der Waals surface area (Å²) in [4.78, 5) is 23.1. The highest BCUT2D eigenvalue weighted by molar-refractivity contribution is 5.98. The van der Waals surface area contributed by atoms with Crippen LogP contribution in [0, 0.1) is 5.82 Å². The van der Waals surface area contributed by atoms with Gasteiger partial charge in [0, 0.05) is 11.8 Å². The molecule has 0 saturated carbocycles. The number of nitrogens with one attached hydrogen (secondary N) is 1. The van der Waals surface area contributed by atoms with Crippen LogP contribution >= 0.6 is 0 Å². The first kappa shape index (κ1) is 19.8. The van der Waals surface area contributed by atoms with Gasteiger partial charge in [0.15, 0.2) is 11.6 Å². The van der Waals surface area contributed by atoms with Crippen molar-refractivity contribution in [3.8, 4) is 17.2 Å². The summed E-state index contributed by atoms with van der Waals surface area (Å²) in [6.45, 7) is 0.